The van der Waals surface area contributed by atoms with E-state index in [1.165, 1.54) is 0 Å². The average Bonchev–Trinajstić information content (AvgIpc) is 3.00. The summed E-state index contributed by atoms with van der Waals surface area (Å²) < 4.78 is 34.2. The molecular formula is C18H24N4O4S. The van der Waals surface area contributed by atoms with E-state index in [4.69, 9.17) is 9.47 Å². The number of methoxy groups -OCH3 is 2. The molecule has 0 spiro atoms. The van der Waals surface area contributed by atoms with Gasteiger partial charge in [0.05, 0.1) is 31.4 Å². The lowest BCUT2D eigenvalue weighted by Gasteiger charge is -2.25. The first kappa shape index (κ1) is 19.2. The Kier molecular flexibility index (Phi) is 5.41. The monoisotopic (exact) mass is 392 g/mol. The first-order valence-electron chi connectivity index (χ1n) is 8.59. The number of nitrogens with one attached hydrogen (secondary N) is 1. The molecule has 0 aliphatic carbocycles. The summed E-state index contributed by atoms with van der Waals surface area (Å²) in [4.78, 5) is 10.8. The van der Waals surface area contributed by atoms with Gasteiger partial charge in [0.15, 0.2) is 9.84 Å². The Balaban J connectivity index is 1.86. The van der Waals surface area contributed by atoms with E-state index in [1.807, 2.05) is 30.1 Å². The van der Waals surface area contributed by atoms with Crippen LogP contribution in [0.4, 0.5) is 17.3 Å². The average molecular weight is 392 g/mol. The highest BCUT2D eigenvalue weighted by molar-refractivity contribution is 7.91. The van der Waals surface area contributed by atoms with E-state index in [-0.39, 0.29) is 17.5 Å². The lowest BCUT2D eigenvalue weighted by atomic mass is 10.2. The van der Waals surface area contributed by atoms with Crippen LogP contribution in [0.15, 0.2) is 24.3 Å². The molecule has 1 fully saturated rings. The molecule has 1 aromatic heterocycles. The molecule has 8 nitrogen and oxygen atoms in total. The summed E-state index contributed by atoms with van der Waals surface area (Å²) in [6.45, 7) is 1.80. The van der Waals surface area contributed by atoms with Crippen molar-refractivity contribution in [2.75, 3.05) is 43.0 Å². The predicted molar refractivity (Wildman–Crippen MR) is 105 cm³/mol. The molecule has 1 aromatic carbocycles. The third-order valence-corrected chi connectivity index (χ3v) is 6.36. The van der Waals surface area contributed by atoms with Gasteiger partial charge in [0, 0.05) is 25.2 Å². The van der Waals surface area contributed by atoms with Crippen molar-refractivity contribution in [3.05, 3.63) is 30.1 Å². The van der Waals surface area contributed by atoms with E-state index in [2.05, 4.69) is 15.3 Å². The predicted octanol–water partition coefficient (Wildman–Crippen LogP) is 2.17. The lowest BCUT2D eigenvalue weighted by Crippen LogP contribution is -2.33. The zero-order valence-electron chi connectivity index (χ0n) is 15.9. The molecule has 27 heavy (non-hydrogen) atoms. The van der Waals surface area contributed by atoms with Gasteiger partial charge in [-0.25, -0.2) is 18.4 Å². The van der Waals surface area contributed by atoms with E-state index >= 15 is 0 Å². The fourth-order valence-corrected chi connectivity index (χ4v) is 4.88. The molecule has 0 bridgehead atoms. The van der Waals surface area contributed by atoms with Crippen molar-refractivity contribution in [2.45, 2.75) is 19.4 Å². The highest BCUT2D eigenvalue weighted by Gasteiger charge is 2.31. The molecule has 2 aromatic rings. The zero-order valence-corrected chi connectivity index (χ0v) is 16.7. The number of anilines is 3. The van der Waals surface area contributed by atoms with Crippen molar-refractivity contribution in [2.24, 2.45) is 0 Å². The maximum Gasteiger partial charge on any atom is 0.152 e. The second-order valence-electron chi connectivity index (χ2n) is 6.52. The first-order chi connectivity index (χ1) is 12.8. The standard InChI is InChI=1S/C18H24N4O4S/c1-12-19-17(21-15-6-5-14(25-3)9-16(15)26-4)10-18(20-12)22(2)13-7-8-27(23,24)11-13/h5-6,9-10,13H,7-8,11H2,1-4H3,(H,19,20,21). The Morgan fingerprint density at radius 2 is 1.96 bits per heavy atom. The molecule has 2 heterocycles. The highest BCUT2D eigenvalue weighted by Crippen LogP contribution is 2.32. The van der Waals surface area contributed by atoms with Crippen molar-refractivity contribution < 1.29 is 17.9 Å². The topological polar surface area (TPSA) is 93.7 Å². The molecule has 0 radical (unpaired) electrons. The summed E-state index contributed by atoms with van der Waals surface area (Å²) in [7, 11) is 2.09. The minimum absolute atomic E-state index is 0.0762. The van der Waals surface area contributed by atoms with Crippen molar-refractivity contribution in [1.82, 2.24) is 9.97 Å². The van der Waals surface area contributed by atoms with Crippen LogP contribution < -0.4 is 19.7 Å². The molecule has 9 heteroatoms. The third kappa shape index (κ3) is 4.41. The van der Waals surface area contributed by atoms with Gasteiger partial charge in [-0.3, -0.25) is 0 Å². The second kappa shape index (κ2) is 7.59. The van der Waals surface area contributed by atoms with Crippen LogP contribution in [0, 0.1) is 6.92 Å². The summed E-state index contributed by atoms with van der Waals surface area (Å²) in [6.07, 6.45) is 0.608. The lowest BCUT2D eigenvalue weighted by molar-refractivity contribution is 0.395. The molecule has 146 valence electrons. The molecular weight excluding hydrogens is 368 g/mol. The van der Waals surface area contributed by atoms with Gasteiger partial charge in [0.2, 0.25) is 0 Å². The van der Waals surface area contributed by atoms with Crippen LogP contribution in [0.2, 0.25) is 0 Å². The van der Waals surface area contributed by atoms with Gasteiger partial charge in [-0.05, 0) is 25.5 Å². The third-order valence-electron chi connectivity index (χ3n) is 4.61. The van der Waals surface area contributed by atoms with Crippen LogP contribution in [-0.4, -0.2) is 57.2 Å². The Morgan fingerprint density at radius 3 is 2.59 bits per heavy atom. The molecule has 1 aliphatic rings. The Morgan fingerprint density at radius 1 is 1.19 bits per heavy atom. The highest BCUT2D eigenvalue weighted by atomic mass is 32.2. The van der Waals surface area contributed by atoms with E-state index in [1.54, 1.807) is 27.2 Å². The summed E-state index contributed by atoms with van der Waals surface area (Å²) in [6, 6.07) is 7.19. The van der Waals surface area contributed by atoms with Gasteiger partial charge in [-0.1, -0.05) is 0 Å². The number of ether oxygens (including phenoxy) is 2. The molecule has 0 amide bonds. The molecule has 1 atom stereocenters. The molecule has 0 saturated carbocycles. The smallest absolute Gasteiger partial charge is 0.152 e. The van der Waals surface area contributed by atoms with E-state index in [0.717, 1.165) is 5.69 Å². The molecule has 1 unspecified atom stereocenters. The Hall–Kier alpha value is -2.55. The largest absolute Gasteiger partial charge is 0.497 e. The van der Waals surface area contributed by atoms with Gasteiger partial charge in [0.1, 0.15) is 29.0 Å². The fourth-order valence-electron chi connectivity index (χ4n) is 3.10. The summed E-state index contributed by atoms with van der Waals surface area (Å²) in [5.74, 6) is 3.58. The minimum Gasteiger partial charge on any atom is -0.497 e. The summed E-state index contributed by atoms with van der Waals surface area (Å²) in [5, 5.41) is 3.24. The van der Waals surface area contributed by atoms with Crippen LogP contribution in [0.1, 0.15) is 12.2 Å². The maximum atomic E-state index is 11.8. The van der Waals surface area contributed by atoms with E-state index in [9.17, 15) is 8.42 Å². The van der Waals surface area contributed by atoms with Crippen molar-refractivity contribution in [1.29, 1.82) is 0 Å². The molecule has 1 N–H and O–H groups in total. The molecule has 1 saturated heterocycles. The van der Waals surface area contributed by atoms with E-state index in [0.29, 0.717) is 35.4 Å². The first-order valence-corrected chi connectivity index (χ1v) is 10.4. The number of aryl methyl sites for hydroxylation is 1. The van der Waals surface area contributed by atoms with Crippen LogP contribution >= 0.6 is 0 Å². The quantitative estimate of drug-likeness (QED) is 0.799. The van der Waals surface area contributed by atoms with Gasteiger partial charge in [0.25, 0.3) is 0 Å². The van der Waals surface area contributed by atoms with Crippen LogP contribution in [0.25, 0.3) is 0 Å². The number of rotatable bonds is 6. The van der Waals surface area contributed by atoms with Crippen molar-refractivity contribution in [3.8, 4) is 11.5 Å². The van der Waals surface area contributed by atoms with Gasteiger partial charge in [-0.15, -0.1) is 0 Å². The molecule has 3 rings (SSSR count). The normalized spacial score (nSPS) is 18.1. The number of sulfone groups is 1. The van der Waals surface area contributed by atoms with Crippen molar-refractivity contribution >= 4 is 27.2 Å². The number of hydrogen-bond acceptors (Lipinski definition) is 8. The SMILES string of the molecule is COc1ccc(Nc2cc(N(C)C3CCS(=O)(=O)C3)nc(C)n2)c(OC)c1. The van der Waals surface area contributed by atoms with Crippen LogP contribution in [0.5, 0.6) is 11.5 Å². The van der Waals surface area contributed by atoms with Crippen LogP contribution in [-0.2, 0) is 9.84 Å². The second-order valence-corrected chi connectivity index (χ2v) is 8.75. The maximum absolute atomic E-state index is 11.8. The number of aromatic nitrogens is 2. The van der Waals surface area contributed by atoms with E-state index < -0.39 is 9.84 Å². The zero-order chi connectivity index (χ0) is 19.6. The number of benzene rings is 1. The minimum atomic E-state index is -2.96. The summed E-state index contributed by atoms with van der Waals surface area (Å²) in [5.41, 5.74) is 0.744. The summed E-state index contributed by atoms with van der Waals surface area (Å²) >= 11 is 0. The number of nitrogens with zero attached hydrogens (tertiary/aromatic N) is 3. The van der Waals surface area contributed by atoms with Gasteiger partial charge < -0.3 is 19.7 Å². The Bertz CT molecular complexity index is 933. The molecule has 1 aliphatic heterocycles. The van der Waals surface area contributed by atoms with Crippen LogP contribution in [0.3, 0.4) is 0 Å². The van der Waals surface area contributed by atoms with Gasteiger partial charge >= 0.3 is 0 Å². The number of hydrogen-bond donors (Lipinski definition) is 1. The fraction of sp³-hybridized carbons (Fsp3) is 0.444. The van der Waals surface area contributed by atoms with Gasteiger partial charge in [-0.2, -0.15) is 0 Å². The Labute approximate surface area is 159 Å². The van der Waals surface area contributed by atoms with Crippen molar-refractivity contribution in [3.63, 3.8) is 0 Å².